The summed E-state index contributed by atoms with van der Waals surface area (Å²) in [5.74, 6) is -0.572. The molecule has 332 valence electrons. The van der Waals surface area contributed by atoms with Crippen molar-refractivity contribution in [2.45, 2.75) is 257 Å². The topological polar surface area (TPSA) is 95.9 Å². The number of hydrogen-bond donors (Lipinski definition) is 3. The zero-order valence-corrected chi connectivity index (χ0v) is 37.7. The number of carbonyl (C=O) groups excluding carboxylic acids is 2. The molecule has 3 N–H and O–H groups in total. The minimum atomic E-state index is -0.808. The Morgan fingerprint density at radius 3 is 1.40 bits per heavy atom. The Hall–Kier alpha value is -2.18. The van der Waals surface area contributed by atoms with E-state index in [2.05, 4.69) is 68.6 Å². The van der Waals surface area contributed by atoms with Crippen LogP contribution in [-0.4, -0.2) is 46.9 Å². The van der Waals surface area contributed by atoms with E-state index in [9.17, 15) is 19.8 Å². The van der Waals surface area contributed by atoms with Crippen molar-refractivity contribution in [1.82, 2.24) is 5.32 Å². The lowest BCUT2D eigenvalue weighted by Gasteiger charge is -2.24. The second-order valence-corrected chi connectivity index (χ2v) is 16.5. The third kappa shape index (κ3) is 40.4. The predicted octanol–water partition coefficient (Wildman–Crippen LogP) is 14.3. The van der Waals surface area contributed by atoms with Crippen molar-refractivity contribution in [3.63, 3.8) is 0 Å². The quantitative estimate of drug-likeness (QED) is 0.0324. The average molecular weight is 800 g/mol. The van der Waals surface area contributed by atoms with Crippen LogP contribution in [0.2, 0.25) is 0 Å². The summed E-state index contributed by atoms with van der Waals surface area (Å²) < 4.78 is 5.85. The van der Waals surface area contributed by atoms with Gasteiger partial charge in [-0.3, -0.25) is 9.59 Å². The molecular weight excluding hydrogens is 707 g/mol. The zero-order chi connectivity index (χ0) is 41.7. The van der Waals surface area contributed by atoms with Gasteiger partial charge >= 0.3 is 5.97 Å². The summed E-state index contributed by atoms with van der Waals surface area (Å²) in [6.07, 6.45) is 53.2. The van der Waals surface area contributed by atoms with Gasteiger partial charge in [-0.1, -0.05) is 223 Å². The number of rotatable bonds is 43. The van der Waals surface area contributed by atoms with Gasteiger partial charge in [-0.2, -0.15) is 0 Å². The highest BCUT2D eigenvalue weighted by atomic mass is 16.5. The maximum atomic E-state index is 13.1. The van der Waals surface area contributed by atoms with Crippen LogP contribution in [0.3, 0.4) is 0 Å². The molecular formula is C51H93NO5. The monoisotopic (exact) mass is 800 g/mol. The summed E-state index contributed by atoms with van der Waals surface area (Å²) >= 11 is 0. The Morgan fingerprint density at radius 1 is 0.526 bits per heavy atom. The van der Waals surface area contributed by atoms with Gasteiger partial charge in [0.1, 0.15) is 6.10 Å². The van der Waals surface area contributed by atoms with E-state index in [-0.39, 0.29) is 24.9 Å². The van der Waals surface area contributed by atoms with Gasteiger partial charge in [-0.25, -0.2) is 0 Å². The first-order valence-corrected chi connectivity index (χ1v) is 24.4. The van der Waals surface area contributed by atoms with Crippen molar-refractivity contribution in [3.8, 4) is 0 Å². The highest BCUT2D eigenvalue weighted by molar-refractivity contribution is 5.77. The molecule has 1 amide bonds. The van der Waals surface area contributed by atoms with Crippen molar-refractivity contribution in [3.05, 3.63) is 48.6 Å². The first-order valence-electron chi connectivity index (χ1n) is 24.4. The number of hydrogen-bond acceptors (Lipinski definition) is 5. The first-order chi connectivity index (χ1) is 28.0. The van der Waals surface area contributed by atoms with E-state index in [1.54, 1.807) is 0 Å². The summed E-state index contributed by atoms with van der Waals surface area (Å²) in [5.41, 5.74) is 0. The minimum absolute atomic E-state index is 0.00384. The van der Waals surface area contributed by atoms with Crippen LogP contribution in [0.25, 0.3) is 0 Å². The molecule has 3 unspecified atom stereocenters. The molecule has 0 radical (unpaired) electrons. The number of allylic oxidation sites excluding steroid dienone is 7. The van der Waals surface area contributed by atoms with Crippen LogP contribution in [0.1, 0.15) is 239 Å². The molecule has 0 saturated carbocycles. The van der Waals surface area contributed by atoms with Crippen molar-refractivity contribution >= 4 is 11.9 Å². The number of aliphatic hydroxyl groups excluding tert-OH is 2. The lowest BCUT2D eigenvalue weighted by molar-refractivity contribution is -0.150. The van der Waals surface area contributed by atoms with Gasteiger partial charge in [-0.05, 0) is 44.9 Å². The average Bonchev–Trinajstić information content (AvgIpc) is 3.20. The van der Waals surface area contributed by atoms with Crippen molar-refractivity contribution in [2.75, 3.05) is 6.61 Å². The van der Waals surface area contributed by atoms with Crippen LogP contribution in [0.4, 0.5) is 0 Å². The van der Waals surface area contributed by atoms with Gasteiger partial charge in [0.15, 0.2) is 0 Å². The molecule has 0 aromatic rings. The van der Waals surface area contributed by atoms with Gasteiger partial charge in [0, 0.05) is 12.8 Å². The van der Waals surface area contributed by atoms with Gasteiger partial charge in [0.05, 0.1) is 25.2 Å². The van der Waals surface area contributed by atoms with Crippen LogP contribution in [0.15, 0.2) is 48.6 Å². The summed E-state index contributed by atoms with van der Waals surface area (Å²) in [4.78, 5) is 26.0. The number of carbonyl (C=O) groups is 2. The van der Waals surface area contributed by atoms with Crippen molar-refractivity contribution < 1.29 is 24.5 Å². The fourth-order valence-corrected chi connectivity index (χ4v) is 7.17. The maximum absolute atomic E-state index is 13.1. The van der Waals surface area contributed by atoms with Gasteiger partial charge in [0.25, 0.3) is 0 Å². The molecule has 3 atom stereocenters. The SMILES string of the molecule is CCCCC/C=C\C/C=C\C/C=C\C/C=C\CC(CC(=O)NC(CO)C(O)CCCCCCCCCCCCC)OC(=O)CCCCCCCCCCCCCC. The smallest absolute Gasteiger partial charge is 0.306 e. The van der Waals surface area contributed by atoms with E-state index in [1.807, 2.05) is 6.08 Å². The minimum Gasteiger partial charge on any atom is -0.461 e. The molecule has 0 bridgehead atoms. The summed E-state index contributed by atoms with van der Waals surface area (Å²) in [6.45, 7) is 6.41. The van der Waals surface area contributed by atoms with Crippen molar-refractivity contribution in [1.29, 1.82) is 0 Å². The number of esters is 1. The number of ether oxygens (including phenoxy) is 1. The predicted molar refractivity (Wildman–Crippen MR) is 245 cm³/mol. The highest BCUT2D eigenvalue weighted by Gasteiger charge is 2.23. The largest absolute Gasteiger partial charge is 0.461 e. The van der Waals surface area contributed by atoms with Crippen LogP contribution < -0.4 is 5.32 Å². The Balaban J connectivity index is 4.73. The fourth-order valence-electron chi connectivity index (χ4n) is 7.17. The van der Waals surface area contributed by atoms with Gasteiger partial charge < -0.3 is 20.3 Å². The van der Waals surface area contributed by atoms with E-state index in [0.717, 1.165) is 57.8 Å². The van der Waals surface area contributed by atoms with Crippen LogP contribution >= 0.6 is 0 Å². The maximum Gasteiger partial charge on any atom is 0.306 e. The Labute approximate surface area is 353 Å². The number of aliphatic hydroxyl groups is 2. The van der Waals surface area contributed by atoms with Crippen LogP contribution in [-0.2, 0) is 14.3 Å². The number of unbranched alkanes of at least 4 members (excludes halogenated alkanes) is 24. The Morgan fingerprint density at radius 2 is 0.930 bits per heavy atom. The van der Waals surface area contributed by atoms with E-state index in [0.29, 0.717) is 19.3 Å². The molecule has 0 spiro atoms. The molecule has 0 aliphatic rings. The lowest BCUT2D eigenvalue weighted by Crippen LogP contribution is -2.46. The molecule has 0 fully saturated rings. The van der Waals surface area contributed by atoms with Crippen LogP contribution in [0, 0.1) is 0 Å². The van der Waals surface area contributed by atoms with E-state index >= 15 is 0 Å². The molecule has 0 aromatic carbocycles. The third-order valence-corrected chi connectivity index (χ3v) is 10.9. The number of amides is 1. The molecule has 6 heteroatoms. The van der Waals surface area contributed by atoms with E-state index < -0.39 is 18.2 Å². The normalized spacial score (nSPS) is 13.7. The zero-order valence-electron chi connectivity index (χ0n) is 37.7. The molecule has 0 rings (SSSR count). The number of nitrogens with one attached hydrogen (secondary N) is 1. The van der Waals surface area contributed by atoms with E-state index in [4.69, 9.17) is 4.74 Å². The molecule has 0 saturated heterocycles. The van der Waals surface area contributed by atoms with Gasteiger partial charge in [-0.15, -0.1) is 0 Å². The Kier molecular flexibility index (Phi) is 43.2. The Bertz CT molecular complexity index is 988. The lowest BCUT2D eigenvalue weighted by atomic mass is 10.0. The first kappa shape index (κ1) is 54.8. The van der Waals surface area contributed by atoms with Gasteiger partial charge in [0.2, 0.25) is 5.91 Å². The molecule has 0 heterocycles. The molecule has 57 heavy (non-hydrogen) atoms. The molecule has 0 aliphatic heterocycles. The third-order valence-electron chi connectivity index (χ3n) is 10.9. The fraction of sp³-hybridized carbons (Fsp3) is 0.804. The van der Waals surface area contributed by atoms with Crippen LogP contribution in [0.5, 0.6) is 0 Å². The van der Waals surface area contributed by atoms with E-state index in [1.165, 1.54) is 135 Å². The second kappa shape index (κ2) is 44.9. The summed E-state index contributed by atoms with van der Waals surface area (Å²) in [5, 5.41) is 23.6. The highest BCUT2D eigenvalue weighted by Crippen LogP contribution is 2.16. The summed E-state index contributed by atoms with van der Waals surface area (Å²) in [7, 11) is 0. The molecule has 6 nitrogen and oxygen atoms in total. The molecule has 0 aromatic heterocycles. The second-order valence-electron chi connectivity index (χ2n) is 16.5. The summed E-state index contributed by atoms with van der Waals surface area (Å²) in [6, 6.07) is -0.727. The van der Waals surface area contributed by atoms with Crippen molar-refractivity contribution in [2.24, 2.45) is 0 Å². The molecule has 0 aliphatic carbocycles. The standard InChI is InChI=1S/C51H93NO5/c1-4-7-10-13-16-19-22-24-25-26-28-30-33-36-39-42-47(57-51(56)44-41-38-35-32-29-23-20-17-14-11-8-5-2)45-50(55)52-48(46-53)49(54)43-40-37-34-31-27-21-18-15-12-9-6-3/h16,19,24-25,28,30,36,39,47-49,53-54H,4-15,17-18,20-23,26-27,29,31-35,37-38,40-46H2,1-3H3,(H,52,55)/b19-16-,25-24-,30-28-,39-36-.